The normalized spacial score (nSPS) is 10.6. The summed E-state index contributed by atoms with van der Waals surface area (Å²) in [5.74, 6) is 0.629. The summed E-state index contributed by atoms with van der Waals surface area (Å²) in [6, 6.07) is 2.09. The number of nitrogen functional groups attached to an aromatic ring is 1. The van der Waals surface area contributed by atoms with Gasteiger partial charge in [-0.3, -0.25) is 0 Å². The van der Waals surface area contributed by atoms with Crippen LogP contribution in [0, 0.1) is 11.3 Å². The number of anilines is 1. The Morgan fingerprint density at radius 3 is 2.67 bits per heavy atom. The van der Waals surface area contributed by atoms with Gasteiger partial charge in [0.1, 0.15) is 17.5 Å². The summed E-state index contributed by atoms with van der Waals surface area (Å²) in [5, 5.41) is 13.3. The number of hydrogen-bond acceptors (Lipinski definition) is 4. The maximum Gasteiger partial charge on any atom is 0.140 e. The van der Waals surface area contributed by atoms with Gasteiger partial charge in [0.25, 0.3) is 0 Å². The zero-order valence-corrected chi connectivity index (χ0v) is 9.32. The molecule has 15 heavy (non-hydrogen) atoms. The van der Waals surface area contributed by atoms with E-state index in [1.807, 2.05) is 13.8 Å². The molecule has 0 aliphatic carbocycles. The Hall–Kier alpha value is -1.54. The van der Waals surface area contributed by atoms with Gasteiger partial charge in [0.15, 0.2) is 0 Å². The number of rotatable bonds is 4. The van der Waals surface area contributed by atoms with Crippen molar-refractivity contribution in [2.75, 3.05) is 19.5 Å². The van der Waals surface area contributed by atoms with Crippen molar-refractivity contribution in [3.8, 4) is 6.07 Å². The number of methoxy groups -OCH3 is 1. The van der Waals surface area contributed by atoms with Crippen LogP contribution < -0.4 is 5.73 Å². The maximum atomic E-state index is 8.97. The lowest BCUT2D eigenvalue weighted by Gasteiger charge is -2.02. The van der Waals surface area contributed by atoms with Gasteiger partial charge in [0.05, 0.1) is 18.8 Å². The second-order valence-corrected chi connectivity index (χ2v) is 3.63. The van der Waals surface area contributed by atoms with E-state index >= 15 is 0 Å². The van der Waals surface area contributed by atoms with Crippen molar-refractivity contribution >= 4 is 5.82 Å². The van der Waals surface area contributed by atoms with Gasteiger partial charge in [0, 0.05) is 7.11 Å². The molecule has 0 fully saturated rings. The van der Waals surface area contributed by atoms with Crippen LogP contribution in [-0.4, -0.2) is 23.5 Å². The summed E-state index contributed by atoms with van der Waals surface area (Å²) in [5.41, 5.74) is 7.06. The predicted molar refractivity (Wildman–Crippen MR) is 57.3 cm³/mol. The first-order valence-electron chi connectivity index (χ1n) is 4.87. The fourth-order valence-electron chi connectivity index (χ4n) is 1.36. The second-order valence-electron chi connectivity index (χ2n) is 3.63. The van der Waals surface area contributed by atoms with E-state index in [-0.39, 0.29) is 5.92 Å². The molecule has 0 atom stereocenters. The van der Waals surface area contributed by atoms with Crippen LogP contribution in [-0.2, 0) is 11.3 Å². The molecule has 0 amide bonds. The number of nitrogens with zero attached hydrogens (tertiary/aromatic N) is 3. The Morgan fingerprint density at radius 2 is 2.27 bits per heavy atom. The third-order valence-electron chi connectivity index (χ3n) is 2.18. The number of ether oxygens (including phenoxy) is 1. The minimum Gasteiger partial charge on any atom is -0.383 e. The van der Waals surface area contributed by atoms with Gasteiger partial charge < -0.3 is 10.5 Å². The molecule has 0 bridgehead atoms. The van der Waals surface area contributed by atoms with Crippen molar-refractivity contribution in [3.05, 3.63) is 11.3 Å². The van der Waals surface area contributed by atoms with Crippen LogP contribution in [0.3, 0.4) is 0 Å². The molecule has 1 rings (SSSR count). The highest BCUT2D eigenvalue weighted by Gasteiger charge is 2.17. The van der Waals surface area contributed by atoms with Gasteiger partial charge in [-0.25, -0.2) is 4.68 Å². The molecule has 0 radical (unpaired) electrons. The van der Waals surface area contributed by atoms with Crippen molar-refractivity contribution in [1.82, 2.24) is 9.78 Å². The van der Waals surface area contributed by atoms with Crippen molar-refractivity contribution in [2.24, 2.45) is 0 Å². The summed E-state index contributed by atoms with van der Waals surface area (Å²) in [7, 11) is 1.62. The maximum absolute atomic E-state index is 8.97. The Morgan fingerprint density at radius 1 is 1.60 bits per heavy atom. The lowest BCUT2D eigenvalue weighted by molar-refractivity contribution is 0.184. The number of hydrogen-bond donors (Lipinski definition) is 1. The van der Waals surface area contributed by atoms with Gasteiger partial charge in [-0.1, -0.05) is 13.8 Å². The van der Waals surface area contributed by atoms with E-state index in [0.717, 1.165) is 5.69 Å². The highest BCUT2D eigenvalue weighted by molar-refractivity contribution is 5.52. The van der Waals surface area contributed by atoms with Crippen molar-refractivity contribution in [1.29, 1.82) is 5.26 Å². The van der Waals surface area contributed by atoms with E-state index in [4.69, 9.17) is 15.7 Å². The molecule has 0 spiro atoms. The van der Waals surface area contributed by atoms with Gasteiger partial charge >= 0.3 is 0 Å². The van der Waals surface area contributed by atoms with Gasteiger partial charge in [0.2, 0.25) is 0 Å². The average Bonchev–Trinajstić information content (AvgIpc) is 2.52. The lowest BCUT2D eigenvalue weighted by Crippen LogP contribution is -2.09. The van der Waals surface area contributed by atoms with E-state index in [1.54, 1.807) is 11.8 Å². The second kappa shape index (κ2) is 4.80. The zero-order valence-electron chi connectivity index (χ0n) is 9.32. The minimum absolute atomic E-state index is 0.200. The Bertz CT molecular complexity index is 376. The van der Waals surface area contributed by atoms with Gasteiger partial charge in [-0.2, -0.15) is 10.4 Å². The third-order valence-corrected chi connectivity index (χ3v) is 2.18. The Kier molecular flexibility index (Phi) is 3.69. The molecular weight excluding hydrogens is 192 g/mol. The first-order chi connectivity index (χ1) is 7.11. The van der Waals surface area contributed by atoms with E-state index in [2.05, 4.69) is 11.2 Å². The van der Waals surface area contributed by atoms with Crippen LogP contribution in [0.2, 0.25) is 0 Å². The van der Waals surface area contributed by atoms with E-state index in [1.165, 1.54) is 0 Å². The van der Waals surface area contributed by atoms with E-state index < -0.39 is 0 Å². The molecule has 2 N–H and O–H groups in total. The molecule has 0 saturated heterocycles. The topological polar surface area (TPSA) is 76.9 Å². The molecule has 0 saturated carbocycles. The third kappa shape index (κ3) is 2.28. The smallest absolute Gasteiger partial charge is 0.140 e. The standard InChI is InChI=1S/C10H16N4O/c1-7(2)9-8(6-11)10(12)14(13-9)4-5-15-3/h7H,4-5,12H2,1-3H3. The first kappa shape index (κ1) is 11.5. The predicted octanol–water partition coefficient (Wildman–Crippen LogP) is 1.11. The molecule has 5 nitrogen and oxygen atoms in total. The molecule has 1 aromatic rings. The Labute approximate surface area is 89.4 Å². The van der Waals surface area contributed by atoms with Crippen molar-refractivity contribution in [2.45, 2.75) is 26.3 Å². The van der Waals surface area contributed by atoms with Crippen LogP contribution in [0.4, 0.5) is 5.82 Å². The summed E-state index contributed by atoms with van der Waals surface area (Å²) >= 11 is 0. The molecule has 5 heteroatoms. The monoisotopic (exact) mass is 208 g/mol. The molecule has 82 valence electrons. The summed E-state index contributed by atoms with van der Waals surface area (Å²) in [6.07, 6.45) is 0. The van der Waals surface area contributed by atoms with E-state index in [9.17, 15) is 0 Å². The lowest BCUT2D eigenvalue weighted by atomic mass is 10.1. The average molecular weight is 208 g/mol. The number of nitriles is 1. The summed E-state index contributed by atoms with van der Waals surface area (Å²) in [6.45, 7) is 5.09. The highest BCUT2D eigenvalue weighted by atomic mass is 16.5. The fourth-order valence-corrected chi connectivity index (χ4v) is 1.36. The number of nitrogens with two attached hydrogens (primary N) is 1. The molecule has 0 unspecified atom stereocenters. The summed E-state index contributed by atoms with van der Waals surface area (Å²) in [4.78, 5) is 0. The molecule has 0 aliphatic heterocycles. The molecule has 1 heterocycles. The SMILES string of the molecule is COCCn1nc(C(C)C)c(C#N)c1N. The molecule has 1 aromatic heterocycles. The molecule has 0 aliphatic rings. The fraction of sp³-hybridized carbons (Fsp3) is 0.600. The largest absolute Gasteiger partial charge is 0.383 e. The van der Waals surface area contributed by atoms with Gasteiger partial charge in [-0.05, 0) is 5.92 Å². The first-order valence-corrected chi connectivity index (χ1v) is 4.87. The number of aromatic nitrogens is 2. The summed E-state index contributed by atoms with van der Waals surface area (Å²) < 4.78 is 6.57. The Balaban J connectivity index is 3.05. The van der Waals surface area contributed by atoms with Crippen LogP contribution in [0.1, 0.15) is 31.0 Å². The highest BCUT2D eigenvalue weighted by Crippen LogP contribution is 2.22. The van der Waals surface area contributed by atoms with Crippen molar-refractivity contribution < 1.29 is 4.74 Å². The van der Waals surface area contributed by atoms with Crippen LogP contribution in [0.25, 0.3) is 0 Å². The minimum atomic E-state index is 0.200. The van der Waals surface area contributed by atoms with Crippen LogP contribution in [0.15, 0.2) is 0 Å². The molecular formula is C10H16N4O. The molecule has 0 aromatic carbocycles. The van der Waals surface area contributed by atoms with Crippen molar-refractivity contribution in [3.63, 3.8) is 0 Å². The van der Waals surface area contributed by atoms with Crippen LogP contribution in [0.5, 0.6) is 0 Å². The quantitative estimate of drug-likeness (QED) is 0.804. The zero-order chi connectivity index (χ0) is 11.4. The van der Waals surface area contributed by atoms with Crippen LogP contribution >= 0.6 is 0 Å². The van der Waals surface area contributed by atoms with Gasteiger partial charge in [-0.15, -0.1) is 0 Å². The van der Waals surface area contributed by atoms with E-state index in [0.29, 0.717) is 24.5 Å².